The van der Waals surface area contributed by atoms with Gasteiger partial charge in [-0.15, -0.1) is 0 Å². The molecule has 0 aliphatic heterocycles. The Labute approximate surface area is 113 Å². The van der Waals surface area contributed by atoms with E-state index in [1.807, 2.05) is 36.4 Å². The van der Waals surface area contributed by atoms with E-state index in [1.165, 1.54) is 0 Å². The third-order valence-corrected chi connectivity index (χ3v) is 3.06. The van der Waals surface area contributed by atoms with Crippen molar-refractivity contribution in [1.29, 1.82) is 0 Å². The zero-order valence-corrected chi connectivity index (χ0v) is 11.0. The summed E-state index contributed by atoms with van der Waals surface area (Å²) in [4.78, 5) is 11.8. The molecule has 19 heavy (non-hydrogen) atoms. The predicted octanol–water partition coefficient (Wildman–Crippen LogP) is 2.46. The number of carbonyl (C=O) groups excluding carboxylic acids is 1. The van der Waals surface area contributed by atoms with Crippen LogP contribution in [0, 0.1) is 0 Å². The van der Waals surface area contributed by atoms with Crippen molar-refractivity contribution in [3.63, 3.8) is 0 Å². The molecule has 0 unspecified atom stereocenters. The summed E-state index contributed by atoms with van der Waals surface area (Å²) in [6.45, 7) is 0. The molecule has 0 saturated carbocycles. The van der Waals surface area contributed by atoms with Gasteiger partial charge < -0.3 is 0 Å². The molecular weight excluding hydrogens is 236 g/mol. The van der Waals surface area contributed by atoms with Gasteiger partial charge >= 0.3 is 0 Å². The first-order valence-corrected chi connectivity index (χ1v) is 6.36. The minimum atomic E-state index is -0.0137. The molecule has 2 N–H and O–H groups in total. The second-order valence-corrected chi connectivity index (χ2v) is 4.38. The van der Waals surface area contributed by atoms with Crippen molar-refractivity contribution in [3.05, 3.63) is 71.8 Å². The summed E-state index contributed by atoms with van der Waals surface area (Å²) in [5.74, 6) is 0.0657. The van der Waals surface area contributed by atoms with E-state index in [9.17, 15) is 4.79 Å². The van der Waals surface area contributed by atoms with Crippen LogP contribution in [-0.4, -0.2) is 13.0 Å². The lowest BCUT2D eigenvalue weighted by Crippen LogP contribution is -2.35. The minimum absolute atomic E-state index is 0.0137. The monoisotopic (exact) mass is 254 g/mol. The molecule has 3 nitrogen and oxygen atoms in total. The van der Waals surface area contributed by atoms with Crippen LogP contribution in [0.1, 0.15) is 23.5 Å². The third-order valence-electron chi connectivity index (χ3n) is 3.06. The first kappa shape index (κ1) is 13.3. The summed E-state index contributed by atoms with van der Waals surface area (Å²) in [5.41, 5.74) is 7.61. The van der Waals surface area contributed by atoms with Gasteiger partial charge in [0.15, 0.2) is 0 Å². The Bertz CT molecular complexity index is 471. The Hall–Kier alpha value is -2.13. The maximum atomic E-state index is 11.8. The fourth-order valence-corrected chi connectivity index (χ4v) is 2.17. The summed E-state index contributed by atoms with van der Waals surface area (Å²) >= 11 is 0. The number of amides is 1. The van der Waals surface area contributed by atoms with Crippen LogP contribution in [0.5, 0.6) is 0 Å². The van der Waals surface area contributed by atoms with Gasteiger partial charge in [0.05, 0.1) is 0 Å². The first-order valence-electron chi connectivity index (χ1n) is 6.36. The van der Waals surface area contributed by atoms with Gasteiger partial charge in [0.1, 0.15) is 0 Å². The quantitative estimate of drug-likeness (QED) is 0.805. The SMILES string of the molecule is CNNC(=O)CC(c1ccccc1)c1ccccc1. The third kappa shape index (κ3) is 3.66. The van der Waals surface area contributed by atoms with Crippen LogP contribution < -0.4 is 10.9 Å². The average molecular weight is 254 g/mol. The molecule has 0 fully saturated rings. The Kier molecular flexibility index (Phi) is 4.70. The maximum Gasteiger partial charge on any atom is 0.235 e. The van der Waals surface area contributed by atoms with E-state index in [2.05, 4.69) is 35.1 Å². The van der Waals surface area contributed by atoms with Crippen molar-refractivity contribution in [2.45, 2.75) is 12.3 Å². The van der Waals surface area contributed by atoms with Crippen molar-refractivity contribution in [2.75, 3.05) is 7.05 Å². The van der Waals surface area contributed by atoms with E-state index >= 15 is 0 Å². The number of hydrazine groups is 1. The zero-order chi connectivity index (χ0) is 13.5. The molecule has 1 amide bonds. The number of benzene rings is 2. The normalized spacial score (nSPS) is 10.4. The highest BCUT2D eigenvalue weighted by atomic mass is 16.2. The molecule has 2 rings (SSSR count). The van der Waals surface area contributed by atoms with Crippen molar-refractivity contribution in [3.8, 4) is 0 Å². The number of carbonyl (C=O) groups is 1. The van der Waals surface area contributed by atoms with Crippen LogP contribution in [0.3, 0.4) is 0 Å². The highest BCUT2D eigenvalue weighted by Crippen LogP contribution is 2.27. The average Bonchev–Trinajstić information content (AvgIpc) is 2.47. The Morgan fingerprint density at radius 1 is 0.947 bits per heavy atom. The first-order chi connectivity index (χ1) is 9.31. The minimum Gasteiger partial charge on any atom is -0.292 e. The Balaban J connectivity index is 2.26. The molecule has 0 spiro atoms. The van der Waals surface area contributed by atoms with Crippen molar-refractivity contribution < 1.29 is 4.79 Å². The number of hydrogen-bond acceptors (Lipinski definition) is 2. The molecule has 2 aromatic rings. The van der Waals surface area contributed by atoms with Gasteiger partial charge in [-0.25, -0.2) is 5.43 Å². The predicted molar refractivity (Wildman–Crippen MR) is 76.5 cm³/mol. The molecule has 0 bridgehead atoms. The maximum absolute atomic E-state index is 11.8. The van der Waals surface area contributed by atoms with Gasteiger partial charge in [-0.2, -0.15) is 0 Å². The van der Waals surface area contributed by atoms with Gasteiger partial charge in [0.2, 0.25) is 5.91 Å². The molecule has 0 radical (unpaired) electrons. The standard InChI is InChI=1S/C16H18N2O/c1-17-18-16(19)12-15(13-8-4-2-5-9-13)14-10-6-3-7-11-14/h2-11,15,17H,12H2,1H3,(H,18,19). The molecular formula is C16H18N2O. The molecule has 0 heterocycles. The van der Waals surface area contributed by atoms with E-state index in [0.717, 1.165) is 11.1 Å². The van der Waals surface area contributed by atoms with Crippen LogP contribution in [-0.2, 0) is 4.79 Å². The summed E-state index contributed by atoms with van der Waals surface area (Å²) in [7, 11) is 1.69. The van der Waals surface area contributed by atoms with Crippen LogP contribution in [0.2, 0.25) is 0 Å². The Morgan fingerprint density at radius 3 is 1.84 bits per heavy atom. The largest absolute Gasteiger partial charge is 0.292 e. The highest BCUT2D eigenvalue weighted by molar-refractivity contribution is 5.77. The van der Waals surface area contributed by atoms with E-state index in [1.54, 1.807) is 7.05 Å². The number of nitrogens with one attached hydrogen (secondary N) is 2. The summed E-state index contributed by atoms with van der Waals surface area (Å²) in [5, 5.41) is 0. The van der Waals surface area contributed by atoms with Crippen molar-refractivity contribution in [1.82, 2.24) is 10.9 Å². The van der Waals surface area contributed by atoms with Crippen LogP contribution >= 0.6 is 0 Å². The molecule has 2 aromatic carbocycles. The van der Waals surface area contributed by atoms with Gasteiger partial charge in [-0.1, -0.05) is 60.7 Å². The summed E-state index contributed by atoms with van der Waals surface area (Å²) in [6.07, 6.45) is 0.425. The fourth-order valence-electron chi connectivity index (χ4n) is 2.17. The molecule has 0 atom stereocenters. The Morgan fingerprint density at radius 2 is 1.42 bits per heavy atom. The second kappa shape index (κ2) is 6.71. The smallest absolute Gasteiger partial charge is 0.235 e. The van der Waals surface area contributed by atoms with Gasteiger partial charge in [-0.3, -0.25) is 10.2 Å². The molecule has 0 aliphatic rings. The highest BCUT2D eigenvalue weighted by Gasteiger charge is 2.17. The van der Waals surface area contributed by atoms with Crippen LogP contribution in [0.15, 0.2) is 60.7 Å². The second-order valence-electron chi connectivity index (χ2n) is 4.38. The number of hydrogen-bond donors (Lipinski definition) is 2. The number of rotatable bonds is 5. The van der Waals surface area contributed by atoms with Crippen molar-refractivity contribution in [2.24, 2.45) is 0 Å². The van der Waals surface area contributed by atoms with Crippen molar-refractivity contribution >= 4 is 5.91 Å². The van der Waals surface area contributed by atoms with Crippen LogP contribution in [0.4, 0.5) is 0 Å². The van der Waals surface area contributed by atoms with E-state index in [-0.39, 0.29) is 11.8 Å². The molecule has 0 saturated heterocycles. The lowest BCUT2D eigenvalue weighted by Gasteiger charge is -2.17. The zero-order valence-electron chi connectivity index (χ0n) is 11.0. The van der Waals surface area contributed by atoms with E-state index < -0.39 is 0 Å². The van der Waals surface area contributed by atoms with Gasteiger partial charge in [0.25, 0.3) is 0 Å². The molecule has 98 valence electrons. The van der Waals surface area contributed by atoms with Gasteiger partial charge in [-0.05, 0) is 11.1 Å². The van der Waals surface area contributed by atoms with E-state index in [0.29, 0.717) is 6.42 Å². The van der Waals surface area contributed by atoms with Gasteiger partial charge in [0, 0.05) is 19.4 Å². The molecule has 0 aliphatic carbocycles. The van der Waals surface area contributed by atoms with E-state index in [4.69, 9.17) is 0 Å². The lowest BCUT2D eigenvalue weighted by molar-refractivity contribution is -0.122. The topological polar surface area (TPSA) is 41.1 Å². The lowest BCUT2D eigenvalue weighted by atomic mass is 9.88. The summed E-state index contributed by atoms with van der Waals surface area (Å²) in [6, 6.07) is 20.2. The summed E-state index contributed by atoms with van der Waals surface area (Å²) < 4.78 is 0. The van der Waals surface area contributed by atoms with Crippen LogP contribution in [0.25, 0.3) is 0 Å². The fraction of sp³-hybridized carbons (Fsp3) is 0.188. The molecule has 0 aromatic heterocycles. The molecule has 3 heteroatoms.